The summed E-state index contributed by atoms with van der Waals surface area (Å²) >= 11 is 1.92. The van der Waals surface area contributed by atoms with E-state index in [9.17, 15) is 0 Å². The quantitative estimate of drug-likeness (QED) is 0.649. The van der Waals surface area contributed by atoms with Crippen LogP contribution in [-0.2, 0) is 16.9 Å². The Morgan fingerprint density at radius 2 is 1.67 bits per heavy atom. The molecule has 0 spiro atoms. The van der Waals surface area contributed by atoms with Gasteiger partial charge in [-0.3, -0.25) is 0 Å². The van der Waals surface area contributed by atoms with Crippen LogP contribution in [0.25, 0.3) is 0 Å². The van der Waals surface area contributed by atoms with Gasteiger partial charge >= 0.3 is 0 Å². The van der Waals surface area contributed by atoms with Crippen LogP contribution in [0, 0.1) is 17.8 Å². The van der Waals surface area contributed by atoms with E-state index < -0.39 is 0 Å². The summed E-state index contributed by atoms with van der Waals surface area (Å²) in [6.07, 6.45) is 8.32. The second-order valence-corrected chi connectivity index (χ2v) is 8.64. The lowest BCUT2D eigenvalue weighted by atomic mass is 9.49. The fraction of sp³-hybridized carbons (Fsp3) is 0.750. The number of nitrogen functional groups attached to an aromatic ring is 1. The molecule has 4 fully saturated rings. The number of rotatable bonds is 2. The molecular formula is C16H22N4S. The summed E-state index contributed by atoms with van der Waals surface area (Å²) in [5.74, 6) is 12.5. The molecule has 0 amide bonds. The maximum Gasteiger partial charge on any atom is 0.148 e. The van der Waals surface area contributed by atoms with Gasteiger partial charge < -0.3 is 5.43 Å². The van der Waals surface area contributed by atoms with E-state index in [2.05, 4.69) is 5.43 Å². The van der Waals surface area contributed by atoms with Gasteiger partial charge in [0, 0.05) is 22.5 Å². The van der Waals surface area contributed by atoms with Gasteiger partial charge in [-0.05, 0) is 56.3 Å². The molecule has 112 valence electrons. The van der Waals surface area contributed by atoms with Crippen molar-refractivity contribution in [2.75, 3.05) is 5.43 Å². The van der Waals surface area contributed by atoms with E-state index in [1.807, 2.05) is 11.8 Å². The zero-order chi connectivity index (χ0) is 14.0. The average Bonchev–Trinajstić information content (AvgIpc) is 2.93. The molecule has 0 aromatic carbocycles. The molecule has 4 bridgehead atoms. The average molecular weight is 302 g/mol. The number of nitrogens with one attached hydrogen (secondary N) is 1. The van der Waals surface area contributed by atoms with Crippen LogP contribution in [0.3, 0.4) is 0 Å². The maximum absolute atomic E-state index is 5.73. The van der Waals surface area contributed by atoms with Crippen molar-refractivity contribution in [1.29, 1.82) is 0 Å². The van der Waals surface area contributed by atoms with E-state index in [1.165, 1.54) is 49.8 Å². The van der Waals surface area contributed by atoms with Crippen LogP contribution < -0.4 is 11.3 Å². The van der Waals surface area contributed by atoms with Crippen molar-refractivity contribution < 1.29 is 0 Å². The van der Waals surface area contributed by atoms with Crippen molar-refractivity contribution in [3.63, 3.8) is 0 Å². The first-order valence-corrected chi connectivity index (χ1v) is 9.36. The SMILES string of the molecule is NNc1nc(C23CC4CC(CC(C4)C2)C3)nc2c1CSC2. The molecule has 6 rings (SSSR count). The fourth-order valence-corrected chi connectivity index (χ4v) is 6.83. The second kappa shape index (κ2) is 4.35. The fourth-order valence-electron chi connectivity index (χ4n) is 5.79. The van der Waals surface area contributed by atoms with Crippen molar-refractivity contribution in [3.05, 3.63) is 17.1 Å². The van der Waals surface area contributed by atoms with Gasteiger partial charge in [0.15, 0.2) is 0 Å². The summed E-state index contributed by atoms with van der Waals surface area (Å²) in [6.45, 7) is 0. The van der Waals surface area contributed by atoms with Gasteiger partial charge in [-0.1, -0.05) is 0 Å². The highest BCUT2D eigenvalue weighted by Gasteiger charge is 2.53. The normalized spacial score (nSPS) is 39.6. The highest BCUT2D eigenvalue weighted by atomic mass is 32.2. The number of hydrazine groups is 1. The van der Waals surface area contributed by atoms with Crippen LogP contribution in [0.4, 0.5) is 5.82 Å². The second-order valence-electron chi connectivity index (χ2n) is 7.66. The number of aromatic nitrogens is 2. The topological polar surface area (TPSA) is 63.8 Å². The minimum atomic E-state index is 0.267. The van der Waals surface area contributed by atoms with Gasteiger partial charge in [-0.15, -0.1) is 0 Å². The molecule has 1 aliphatic heterocycles. The summed E-state index contributed by atoms with van der Waals surface area (Å²) in [5, 5.41) is 0. The van der Waals surface area contributed by atoms with Crippen molar-refractivity contribution in [3.8, 4) is 0 Å². The standard InChI is InChI=1S/C16H22N4S/c17-20-14-12-7-21-8-13(12)18-15(19-14)16-4-9-1-10(5-16)3-11(2-9)6-16/h9-11H,1-8,17H2,(H,18,19,20). The first kappa shape index (κ1) is 12.7. The van der Waals surface area contributed by atoms with Crippen LogP contribution >= 0.6 is 11.8 Å². The first-order valence-electron chi connectivity index (χ1n) is 8.20. The van der Waals surface area contributed by atoms with Crippen molar-refractivity contribution in [1.82, 2.24) is 9.97 Å². The number of hydrogen-bond donors (Lipinski definition) is 2. The molecule has 4 aliphatic carbocycles. The monoisotopic (exact) mass is 302 g/mol. The smallest absolute Gasteiger partial charge is 0.148 e. The number of nitrogens with zero attached hydrogens (tertiary/aromatic N) is 2. The van der Waals surface area contributed by atoms with Crippen molar-refractivity contribution in [2.24, 2.45) is 23.6 Å². The largest absolute Gasteiger partial charge is 0.308 e. The molecule has 5 heteroatoms. The Balaban J connectivity index is 1.61. The minimum Gasteiger partial charge on any atom is -0.308 e. The van der Waals surface area contributed by atoms with Gasteiger partial charge in [-0.2, -0.15) is 11.8 Å². The third-order valence-electron chi connectivity index (χ3n) is 6.23. The molecule has 0 saturated heterocycles. The number of fused-ring (bicyclic) bond motifs is 1. The zero-order valence-corrected chi connectivity index (χ0v) is 13.1. The third-order valence-corrected chi connectivity index (χ3v) is 7.20. The molecule has 0 radical (unpaired) electrons. The first-order chi connectivity index (χ1) is 10.3. The number of nitrogens with two attached hydrogens (primary N) is 1. The highest BCUT2D eigenvalue weighted by molar-refractivity contribution is 7.98. The Labute approximate surface area is 129 Å². The summed E-state index contributed by atoms with van der Waals surface area (Å²) in [7, 11) is 0. The summed E-state index contributed by atoms with van der Waals surface area (Å²) in [5.41, 5.74) is 5.56. The Hall–Kier alpha value is -0.810. The predicted octanol–water partition coefficient (Wildman–Crippen LogP) is 2.98. The van der Waals surface area contributed by atoms with Gasteiger partial charge in [0.25, 0.3) is 0 Å². The lowest BCUT2D eigenvalue weighted by Crippen LogP contribution is -2.49. The van der Waals surface area contributed by atoms with Crippen LogP contribution in [0.5, 0.6) is 0 Å². The molecule has 0 atom stereocenters. The summed E-state index contributed by atoms with van der Waals surface area (Å²) in [4.78, 5) is 9.92. The van der Waals surface area contributed by atoms with Crippen LogP contribution in [0.1, 0.15) is 55.6 Å². The highest BCUT2D eigenvalue weighted by Crippen LogP contribution is 2.60. The molecule has 3 N–H and O–H groups in total. The molecule has 5 aliphatic rings. The maximum atomic E-state index is 5.73. The van der Waals surface area contributed by atoms with E-state index in [0.717, 1.165) is 40.9 Å². The molecule has 2 heterocycles. The van der Waals surface area contributed by atoms with Gasteiger partial charge in [0.2, 0.25) is 0 Å². The molecule has 0 unspecified atom stereocenters. The minimum absolute atomic E-state index is 0.267. The molecule has 4 nitrogen and oxygen atoms in total. The molecule has 1 aromatic heterocycles. The molecule has 4 saturated carbocycles. The number of hydrogen-bond acceptors (Lipinski definition) is 5. The van der Waals surface area contributed by atoms with Gasteiger partial charge in [0.05, 0.1) is 5.69 Å². The van der Waals surface area contributed by atoms with E-state index >= 15 is 0 Å². The number of anilines is 1. The van der Waals surface area contributed by atoms with Crippen molar-refractivity contribution >= 4 is 17.6 Å². The van der Waals surface area contributed by atoms with E-state index in [0.29, 0.717) is 0 Å². The van der Waals surface area contributed by atoms with Crippen LogP contribution in [0.2, 0.25) is 0 Å². The summed E-state index contributed by atoms with van der Waals surface area (Å²) in [6, 6.07) is 0. The number of thioether (sulfide) groups is 1. The van der Waals surface area contributed by atoms with E-state index in [1.54, 1.807) is 0 Å². The van der Waals surface area contributed by atoms with E-state index in [4.69, 9.17) is 15.8 Å². The Bertz CT molecular complexity index is 565. The Morgan fingerprint density at radius 1 is 1.00 bits per heavy atom. The molecule has 1 aromatic rings. The van der Waals surface area contributed by atoms with E-state index in [-0.39, 0.29) is 5.41 Å². The Kier molecular flexibility index (Phi) is 2.63. The van der Waals surface area contributed by atoms with Gasteiger partial charge in [0.1, 0.15) is 11.6 Å². The van der Waals surface area contributed by atoms with Crippen LogP contribution in [0.15, 0.2) is 0 Å². The predicted molar refractivity (Wildman–Crippen MR) is 84.7 cm³/mol. The van der Waals surface area contributed by atoms with Gasteiger partial charge in [-0.25, -0.2) is 15.8 Å². The zero-order valence-electron chi connectivity index (χ0n) is 12.3. The summed E-state index contributed by atoms with van der Waals surface area (Å²) < 4.78 is 0. The van der Waals surface area contributed by atoms with Crippen molar-refractivity contribution in [2.45, 2.75) is 55.4 Å². The third kappa shape index (κ3) is 1.80. The molecular weight excluding hydrogens is 280 g/mol. The molecule has 21 heavy (non-hydrogen) atoms. The van der Waals surface area contributed by atoms with Crippen LogP contribution in [-0.4, -0.2) is 9.97 Å². The lowest BCUT2D eigenvalue weighted by Gasteiger charge is -2.56. The lowest BCUT2D eigenvalue weighted by molar-refractivity contribution is -0.00941. The Morgan fingerprint density at radius 3 is 2.29 bits per heavy atom.